The summed E-state index contributed by atoms with van der Waals surface area (Å²) in [5.74, 6) is 0.215. The molecule has 1 atom stereocenters. The summed E-state index contributed by atoms with van der Waals surface area (Å²) in [7, 11) is -2.87. The van der Waals surface area contributed by atoms with Gasteiger partial charge >= 0.3 is 0 Å². The molecule has 0 aromatic carbocycles. The summed E-state index contributed by atoms with van der Waals surface area (Å²) < 4.78 is 23.9. The molecule has 1 aromatic rings. The van der Waals surface area contributed by atoms with Crippen LogP contribution in [0.3, 0.4) is 0 Å². The van der Waals surface area contributed by atoms with Gasteiger partial charge in [0.05, 0.1) is 11.9 Å². The molecule has 5 nitrogen and oxygen atoms in total. The van der Waals surface area contributed by atoms with Crippen LogP contribution in [0.5, 0.6) is 0 Å². The summed E-state index contributed by atoms with van der Waals surface area (Å²) in [6.45, 7) is 5.79. The molecular weight excluding hydrogens is 250 g/mol. The number of hydrogen-bond acceptors (Lipinski definition) is 4. The second-order valence-corrected chi connectivity index (χ2v) is 6.80. The smallest absolute Gasteiger partial charge is 0.147 e. The number of aromatic nitrogens is 2. The first-order valence-electron chi connectivity index (χ1n) is 6.39. The Morgan fingerprint density at radius 1 is 1.44 bits per heavy atom. The van der Waals surface area contributed by atoms with Crippen LogP contribution >= 0.6 is 0 Å². The van der Waals surface area contributed by atoms with Crippen molar-refractivity contribution in [3.05, 3.63) is 18.0 Å². The van der Waals surface area contributed by atoms with Crippen LogP contribution in [0.1, 0.15) is 38.3 Å². The van der Waals surface area contributed by atoms with Gasteiger partial charge in [-0.15, -0.1) is 0 Å². The molecule has 0 spiro atoms. The lowest BCUT2D eigenvalue weighted by Crippen LogP contribution is -2.19. The average Bonchev–Trinajstić information content (AvgIpc) is 2.72. The first-order chi connectivity index (χ1) is 8.46. The maximum Gasteiger partial charge on any atom is 0.147 e. The van der Waals surface area contributed by atoms with Crippen molar-refractivity contribution in [3.8, 4) is 0 Å². The van der Waals surface area contributed by atoms with Gasteiger partial charge in [0.25, 0.3) is 0 Å². The molecule has 0 aliphatic rings. The molecule has 1 aromatic heterocycles. The normalized spacial score (nSPS) is 13.7. The van der Waals surface area contributed by atoms with E-state index in [1.165, 1.54) is 11.8 Å². The molecule has 0 saturated heterocycles. The van der Waals surface area contributed by atoms with Gasteiger partial charge in [-0.2, -0.15) is 5.10 Å². The van der Waals surface area contributed by atoms with Crippen LogP contribution in [0.25, 0.3) is 0 Å². The maximum atomic E-state index is 11.0. The largest absolute Gasteiger partial charge is 0.310 e. The lowest BCUT2D eigenvalue weighted by molar-refractivity contribution is 0.535. The van der Waals surface area contributed by atoms with Crippen molar-refractivity contribution in [3.63, 3.8) is 0 Å². The van der Waals surface area contributed by atoms with Gasteiger partial charge in [0.15, 0.2) is 0 Å². The highest BCUT2D eigenvalue weighted by Crippen LogP contribution is 2.15. The van der Waals surface area contributed by atoms with Crippen LogP contribution in [-0.4, -0.2) is 36.8 Å². The summed E-state index contributed by atoms with van der Waals surface area (Å²) in [6, 6.07) is 0.332. The van der Waals surface area contributed by atoms with Gasteiger partial charge < -0.3 is 5.32 Å². The van der Waals surface area contributed by atoms with Gasteiger partial charge in [-0.1, -0.05) is 13.8 Å². The zero-order chi connectivity index (χ0) is 13.6. The minimum absolute atomic E-state index is 0.215. The average molecular weight is 273 g/mol. The van der Waals surface area contributed by atoms with Crippen LogP contribution in [-0.2, 0) is 16.4 Å². The predicted octanol–water partition coefficient (Wildman–Crippen LogP) is 1.38. The van der Waals surface area contributed by atoms with Crippen molar-refractivity contribution in [1.29, 1.82) is 0 Å². The van der Waals surface area contributed by atoms with Crippen LogP contribution in [0, 0.1) is 0 Å². The highest BCUT2D eigenvalue weighted by Gasteiger charge is 2.10. The molecule has 0 radical (unpaired) electrons. The summed E-state index contributed by atoms with van der Waals surface area (Å²) >= 11 is 0. The second-order valence-electron chi connectivity index (χ2n) is 4.54. The molecule has 0 aliphatic carbocycles. The van der Waals surface area contributed by atoms with Crippen molar-refractivity contribution in [1.82, 2.24) is 15.1 Å². The Morgan fingerprint density at radius 3 is 2.72 bits per heavy atom. The molecule has 0 saturated carbocycles. The molecule has 1 N–H and O–H groups in total. The number of nitrogens with zero attached hydrogens (tertiary/aromatic N) is 2. The van der Waals surface area contributed by atoms with E-state index in [0.29, 0.717) is 19.0 Å². The molecule has 18 heavy (non-hydrogen) atoms. The van der Waals surface area contributed by atoms with E-state index < -0.39 is 9.84 Å². The fourth-order valence-corrected chi connectivity index (χ4v) is 2.57. The Bertz CT molecular complexity index is 454. The van der Waals surface area contributed by atoms with Crippen molar-refractivity contribution in [2.24, 2.45) is 0 Å². The molecule has 0 fully saturated rings. The standard InChI is InChI=1S/C12H23N3O2S/c1-4-12(13-5-2)11-9-14-15(10-11)7-6-8-18(3,16)17/h9-10,12-13H,4-8H2,1-3H3. The van der Waals surface area contributed by atoms with Crippen LogP contribution in [0.4, 0.5) is 0 Å². The van der Waals surface area contributed by atoms with Crippen molar-refractivity contribution < 1.29 is 8.42 Å². The maximum absolute atomic E-state index is 11.0. The van der Waals surface area contributed by atoms with E-state index in [1.807, 2.05) is 17.1 Å². The predicted molar refractivity (Wildman–Crippen MR) is 73.3 cm³/mol. The van der Waals surface area contributed by atoms with E-state index >= 15 is 0 Å². The summed E-state index contributed by atoms with van der Waals surface area (Å²) in [5.41, 5.74) is 1.17. The van der Waals surface area contributed by atoms with Gasteiger partial charge in [-0.25, -0.2) is 8.42 Å². The number of rotatable bonds is 8. The molecule has 0 aliphatic heterocycles. The molecule has 1 unspecified atom stereocenters. The third-order valence-corrected chi connectivity index (χ3v) is 3.85. The van der Waals surface area contributed by atoms with Crippen molar-refractivity contribution in [2.45, 2.75) is 39.3 Å². The lowest BCUT2D eigenvalue weighted by Gasteiger charge is -2.13. The van der Waals surface area contributed by atoms with Crippen molar-refractivity contribution >= 4 is 9.84 Å². The lowest BCUT2D eigenvalue weighted by atomic mass is 10.1. The molecule has 0 amide bonds. The van der Waals surface area contributed by atoms with Gasteiger partial charge in [0.1, 0.15) is 9.84 Å². The zero-order valence-corrected chi connectivity index (χ0v) is 12.2. The van der Waals surface area contributed by atoms with Gasteiger partial charge in [-0.05, 0) is 19.4 Å². The summed E-state index contributed by atoms with van der Waals surface area (Å²) in [6.07, 6.45) is 6.75. The Morgan fingerprint density at radius 2 is 2.17 bits per heavy atom. The van der Waals surface area contributed by atoms with Crippen molar-refractivity contribution in [2.75, 3.05) is 18.6 Å². The molecule has 104 valence electrons. The quantitative estimate of drug-likeness (QED) is 0.777. The fraction of sp³-hybridized carbons (Fsp3) is 0.750. The van der Waals surface area contributed by atoms with E-state index in [4.69, 9.17) is 0 Å². The highest BCUT2D eigenvalue weighted by atomic mass is 32.2. The van der Waals surface area contributed by atoms with Crippen LogP contribution < -0.4 is 5.32 Å². The van der Waals surface area contributed by atoms with E-state index in [1.54, 1.807) is 0 Å². The van der Waals surface area contributed by atoms with E-state index in [-0.39, 0.29) is 5.75 Å². The topological polar surface area (TPSA) is 64.0 Å². The molecule has 0 bridgehead atoms. The Balaban J connectivity index is 2.52. The summed E-state index contributed by atoms with van der Waals surface area (Å²) in [5, 5.41) is 7.66. The Kier molecular flexibility index (Phi) is 5.81. The van der Waals surface area contributed by atoms with Gasteiger partial charge in [0, 0.05) is 30.6 Å². The number of aryl methyl sites for hydroxylation is 1. The van der Waals surface area contributed by atoms with Crippen LogP contribution in [0.15, 0.2) is 12.4 Å². The number of hydrogen-bond donors (Lipinski definition) is 1. The van der Waals surface area contributed by atoms with Crippen LogP contribution in [0.2, 0.25) is 0 Å². The molecular formula is C12H23N3O2S. The van der Waals surface area contributed by atoms with Gasteiger partial charge in [-0.3, -0.25) is 4.68 Å². The Hall–Kier alpha value is -0.880. The third-order valence-electron chi connectivity index (χ3n) is 2.82. The minimum atomic E-state index is -2.87. The molecule has 1 rings (SSSR count). The molecule has 6 heteroatoms. The highest BCUT2D eigenvalue weighted by molar-refractivity contribution is 7.90. The zero-order valence-electron chi connectivity index (χ0n) is 11.4. The second kappa shape index (κ2) is 6.89. The third kappa shape index (κ3) is 5.18. The fourth-order valence-electron chi connectivity index (χ4n) is 1.91. The van der Waals surface area contributed by atoms with E-state index in [0.717, 1.165) is 13.0 Å². The minimum Gasteiger partial charge on any atom is -0.310 e. The van der Waals surface area contributed by atoms with Gasteiger partial charge in [0.2, 0.25) is 0 Å². The monoisotopic (exact) mass is 273 g/mol. The van der Waals surface area contributed by atoms with E-state index in [2.05, 4.69) is 24.3 Å². The first kappa shape index (κ1) is 15.2. The summed E-state index contributed by atoms with van der Waals surface area (Å²) in [4.78, 5) is 0. The number of sulfone groups is 1. The Labute approximate surface area is 109 Å². The number of nitrogens with one attached hydrogen (secondary N) is 1. The van der Waals surface area contributed by atoms with E-state index in [9.17, 15) is 8.42 Å². The first-order valence-corrected chi connectivity index (χ1v) is 8.45. The molecule has 1 heterocycles. The SMILES string of the molecule is CCNC(CC)c1cnn(CCCS(C)(=O)=O)c1.